The molecule has 1 aromatic heterocycles. The molecule has 0 fully saturated rings. The van der Waals surface area contributed by atoms with Crippen molar-refractivity contribution in [3.63, 3.8) is 0 Å². The van der Waals surface area contributed by atoms with Crippen LogP contribution < -0.4 is 10.5 Å². The monoisotopic (exact) mass is 278 g/mol. The van der Waals surface area contributed by atoms with Crippen LogP contribution in [0.5, 0.6) is 5.88 Å². The van der Waals surface area contributed by atoms with E-state index < -0.39 is 18.2 Å². The standard InChI is InChI=1S/C11H13F3N2O3/c1-6-3-9(19-11(12,13)14)16-8(7(6)5-15)4-10(17)18-2/h3H,4-5,15H2,1-2H3. The number of methoxy groups -OCH3 is 1. The zero-order chi connectivity index (χ0) is 14.6. The van der Waals surface area contributed by atoms with Crippen LogP contribution in [0.3, 0.4) is 0 Å². The summed E-state index contributed by atoms with van der Waals surface area (Å²) in [6, 6.07) is 1.12. The summed E-state index contributed by atoms with van der Waals surface area (Å²) in [6.45, 7) is 1.62. The summed E-state index contributed by atoms with van der Waals surface area (Å²) >= 11 is 0. The van der Waals surface area contributed by atoms with Crippen molar-refractivity contribution in [1.82, 2.24) is 4.98 Å². The Morgan fingerprint density at radius 2 is 2.11 bits per heavy atom. The van der Waals surface area contributed by atoms with E-state index in [1.165, 1.54) is 7.11 Å². The second-order valence-corrected chi connectivity index (χ2v) is 3.71. The molecule has 2 N–H and O–H groups in total. The van der Waals surface area contributed by atoms with Crippen molar-refractivity contribution in [2.75, 3.05) is 7.11 Å². The number of pyridine rings is 1. The maximum absolute atomic E-state index is 12.1. The van der Waals surface area contributed by atoms with Gasteiger partial charge in [-0.15, -0.1) is 13.2 Å². The first-order valence-electron chi connectivity index (χ1n) is 5.29. The van der Waals surface area contributed by atoms with Gasteiger partial charge in [0.2, 0.25) is 5.88 Å². The number of aryl methyl sites for hydroxylation is 1. The molecule has 1 heterocycles. The molecule has 5 nitrogen and oxygen atoms in total. The molecule has 0 atom stereocenters. The van der Waals surface area contributed by atoms with Crippen molar-refractivity contribution in [2.24, 2.45) is 5.73 Å². The predicted octanol–water partition coefficient (Wildman–Crippen LogP) is 1.46. The van der Waals surface area contributed by atoms with E-state index in [1.807, 2.05) is 0 Å². The Morgan fingerprint density at radius 1 is 1.47 bits per heavy atom. The highest BCUT2D eigenvalue weighted by atomic mass is 19.4. The van der Waals surface area contributed by atoms with E-state index in [4.69, 9.17) is 5.73 Å². The van der Waals surface area contributed by atoms with Crippen molar-refractivity contribution >= 4 is 5.97 Å². The first kappa shape index (κ1) is 15.2. The van der Waals surface area contributed by atoms with Crippen LogP contribution >= 0.6 is 0 Å². The van der Waals surface area contributed by atoms with E-state index in [0.29, 0.717) is 11.1 Å². The molecule has 0 unspecified atom stereocenters. The molecule has 19 heavy (non-hydrogen) atoms. The number of nitrogens with zero attached hydrogens (tertiary/aromatic N) is 1. The number of esters is 1. The van der Waals surface area contributed by atoms with Gasteiger partial charge in [0.1, 0.15) is 0 Å². The third kappa shape index (κ3) is 4.40. The molecule has 0 spiro atoms. The normalized spacial score (nSPS) is 11.3. The maximum atomic E-state index is 12.1. The van der Waals surface area contributed by atoms with Crippen LogP contribution in [0.1, 0.15) is 16.8 Å². The van der Waals surface area contributed by atoms with Crippen molar-refractivity contribution in [3.05, 3.63) is 22.9 Å². The molecule has 0 amide bonds. The predicted molar refractivity (Wildman–Crippen MR) is 59.3 cm³/mol. The molecule has 8 heteroatoms. The van der Waals surface area contributed by atoms with E-state index >= 15 is 0 Å². The van der Waals surface area contributed by atoms with Crippen LogP contribution in [-0.2, 0) is 22.5 Å². The van der Waals surface area contributed by atoms with Crippen molar-refractivity contribution < 1.29 is 27.4 Å². The fraction of sp³-hybridized carbons (Fsp3) is 0.455. The van der Waals surface area contributed by atoms with Gasteiger partial charge in [-0.2, -0.15) is 0 Å². The first-order chi connectivity index (χ1) is 8.76. The highest BCUT2D eigenvalue weighted by Gasteiger charge is 2.32. The fourth-order valence-corrected chi connectivity index (χ4v) is 1.54. The smallest absolute Gasteiger partial charge is 0.469 e. The van der Waals surface area contributed by atoms with Crippen LogP contribution in [0.15, 0.2) is 6.07 Å². The second-order valence-electron chi connectivity index (χ2n) is 3.71. The lowest BCUT2D eigenvalue weighted by Crippen LogP contribution is -2.20. The largest absolute Gasteiger partial charge is 0.574 e. The minimum Gasteiger partial charge on any atom is -0.469 e. The van der Waals surface area contributed by atoms with Crippen molar-refractivity contribution in [2.45, 2.75) is 26.3 Å². The molecule has 0 aliphatic carbocycles. The number of halogens is 3. The van der Waals surface area contributed by atoms with Crippen LogP contribution in [0.2, 0.25) is 0 Å². The van der Waals surface area contributed by atoms with Crippen LogP contribution in [0, 0.1) is 6.92 Å². The van der Waals surface area contributed by atoms with Gasteiger partial charge in [-0.05, 0) is 18.1 Å². The lowest BCUT2D eigenvalue weighted by Gasteiger charge is -2.13. The molecule has 0 aliphatic heterocycles. The van der Waals surface area contributed by atoms with Gasteiger partial charge in [-0.25, -0.2) is 4.98 Å². The van der Waals surface area contributed by atoms with Gasteiger partial charge in [-0.3, -0.25) is 4.79 Å². The first-order valence-corrected chi connectivity index (χ1v) is 5.29. The molecule has 0 aromatic carbocycles. The summed E-state index contributed by atoms with van der Waals surface area (Å²) in [4.78, 5) is 14.8. The van der Waals surface area contributed by atoms with E-state index in [9.17, 15) is 18.0 Å². The number of alkyl halides is 3. The van der Waals surface area contributed by atoms with E-state index in [0.717, 1.165) is 6.07 Å². The van der Waals surface area contributed by atoms with Crippen LogP contribution in [0.4, 0.5) is 13.2 Å². The lowest BCUT2D eigenvalue weighted by atomic mass is 10.1. The lowest BCUT2D eigenvalue weighted by molar-refractivity contribution is -0.276. The highest BCUT2D eigenvalue weighted by molar-refractivity contribution is 5.72. The Kier molecular flexibility index (Phi) is 4.71. The molecule has 0 bridgehead atoms. The number of carbonyl (C=O) groups is 1. The van der Waals surface area contributed by atoms with Gasteiger partial charge >= 0.3 is 12.3 Å². The number of rotatable bonds is 4. The molecule has 0 aliphatic rings. The Bertz CT molecular complexity index is 475. The second kappa shape index (κ2) is 5.87. The van der Waals surface area contributed by atoms with Crippen molar-refractivity contribution in [1.29, 1.82) is 0 Å². The highest BCUT2D eigenvalue weighted by Crippen LogP contribution is 2.24. The molecule has 106 valence electrons. The van der Waals surface area contributed by atoms with Gasteiger partial charge in [-0.1, -0.05) is 0 Å². The van der Waals surface area contributed by atoms with E-state index in [2.05, 4.69) is 14.5 Å². The van der Waals surface area contributed by atoms with E-state index in [-0.39, 0.29) is 18.7 Å². The van der Waals surface area contributed by atoms with E-state index in [1.54, 1.807) is 6.92 Å². The maximum Gasteiger partial charge on any atom is 0.574 e. The Hall–Kier alpha value is -1.83. The zero-order valence-electron chi connectivity index (χ0n) is 10.4. The Labute approximate surface area is 107 Å². The minimum absolute atomic E-state index is 0.0530. The third-order valence-corrected chi connectivity index (χ3v) is 2.37. The van der Waals surface area contributed by atoms with Gasteiger partial charge < -0.3 is 15.2 Å². The Morgan fingerprint density at radius 3 is 2.58 bits per heavy atom. The summed E-state index contributed by atoms with van der Waals surface area (Å²) in [5.41, 5.74) is 6.58. The molecule has 1 rings (SSSR count). The number of ether oxygens (including phenoxy) is 2. The molecule has 0 saturated heterocycles. The Balaban J connectivity index is 3.14. The van der Waals surface area contributed by atoms with Crippen molar-refractivity contribution in [3.8, 4) is 5.88 Å². The fourth-order valence-electron chi connectivity index (χ4n) is 1.54. The number of aromatic nitrogens is 1. The average molecular weight is 278 g/mol. The molecule has 0 saturated carbocycles. The van der Waals surface area contributed by atoms with Gasteiger partial charge in [0, 0.05) is 12.6 Å². The van der Waals surface area contributed by atoms with Gasteiger partial charge in [0.15, 0.2) is 0 Å². The minimum atomic E-state index is -4.84. The SMILES string of the molecule is COC(=O)Cc1nc(OC(F)(F)F)cc(C)c1CN. The molecular formula is C11H13F3N2O3. The summed E-state index contributed by atoms with van der Waals surface area (Å²) in [7, 11) is 1.17. The van der Waals surface area contributed by atoms with Crippen LogP contribution in [0.25, 0.3) is 0 Å². The topological polar surface area (TPSA) is 74.4 Å². The molecular weight excluding hydrogens is 265 g/mol. The molecule has 1 aromatic rings. The summed E-state index contributed by atoms with van der Waals surface area (Å²) in [6.07, 6.45) is -5.11. The molecule has 0 radical (unpaired) electrons. The number of carbonyl (C=O) groups excluding carboxylic acids is 1. The van der Waals surface area contributed by atoms with Gasteiger partial charge in [0.05, 0.1) is 19.2 Å². The number of nitrogens with two attached hydrogens (primary N) is 1. The van der Waals surface area contributed by atoms with Crippen LogP contribution in [-0.4, -0.2) is 24.4 Å². The van der Waals surface area contributed by atoms with Gasteiger partial charge in [0.25, 0.3) is 0 Å². The summed E-state index contributed by atoms with van der Waals surface area (Å²) in [5, 5.41) is 0. The zero-order valence-corrected chi connectivity index (χ0v) is 10.4. The summed E-state index contributed by atoms with van der Waals surface area (Å²) in [5.74, 6) is -1.24. The summed E-state index contributed by atoms with van der Waals surface area (Å²) < 4.78 is 44.6. The number of hydrogen-bond donors (Lipinski definition) is 1. The quantitative estimate of drug-likeness (QED) is 0.844. The third-order valence-electron chi connectivity index (χ3n) is 2.37. The number of hydrogen-bond acceptors (Lipinski definition) is 5. The average Bonchev–Trinajstić information content (AvgIpc) is 2.26.